The van der Waals surface area contributed by atoms with Crippen LogP contribution in [0.4, 0.5) is 0 Å². The Hall–Kier alpha value is -4.47. The summed E-state index contributed by atoms with van der Waals surface area (Å²) in [4.78, 5) is 21.8. The molecule has 222 valence electrons. The number of methoxy groups -OCH3 is 2. The zero-order valence-corrected chi connectivity index (χ0v) is 24.7. The molecule has 1 aliphatic rings. The lowest BCUT2D eigenvalue weighted by molar-refractivity contribution is -0.0756. The Labute approximate surface area is 250 Å². The molecule has 2 aromatic heterocycles. The molecule has 0 aliphatic carbocycles. The molecule has 1 aliphatic heterocycles. The molecule has 0 amide bonds. The Morgan fingerprint density at radius 3 is 2.07 bits per heavy atom. The van der Waals surface area contributed by atoms with Crippen molar-refractivity contribution in [3.63, 3.8) is 0 Å². The molecule has 9 nitrogen and oxygen atoms in total. The second-order valence-corrected chi connectivity index (χ2v) is 10.7. The molecule has 0 saturated carbocycles. The van der Waals surface area contributed by atoms with Crippen LogP contribution >= 0.6 is 0 Å². The van der Waals surface area contributed by atoms with Crippen molar-refractivity contribution in [1.82, 2.24) is 19.1 Å². The van der Waals surface area contributed by atoms with Crippen LogP contribution in [0.1, 0.15) is 49.1 Å². The Morgan fingerprint density at radius 1 is 0.837 bits per heavy atom. The number of hydrogen-bond acceptors (Lipinski definition) is 7. The van der Waals surface area contributed by atoms with E-state index in [-0.39, 0.29) is 17.9 Å². The summed E-state index contributed by atoms with van der Waals surface area (Å²) in [6.45, 7) is 2.98. The van der Waals surface area contributed by atoms with Gasteiger partial charge in [0.15, 0.2) is 11.2 Å². The van der Waals surface area contributed by atoms with Crippen LogP contribution in [0.15, 0.2) is 96.3 Å². The van der Waals surface area contributed by atoms with Crippen LogP contribution < -0.4 is 15.0 Å². The summed E-state index contributed by atoms with van der Waals surface area (Å²) in [5, 5.41) is 0. The number of hydrogen-bond donors (Lipinski definition) is 0. The van der Waals surface area contributed by atoms with E-state index in [0.717, 1.165) is 47.5 Å². The fourth-order valence-corrected chi connectivity index (χ4v) is 5.86. The predicted octanol–water partition coefficient (Wildman–Crippen LogP) is 5.71. The maximum atomic E-state index is 12.9. The highest BCUT2D eigenvalue weighted by molar-refractivity contribution is 5.69. The van der Waals surface area contributed by atoms with Crippen molar-refractivity contribution in [2.24, 2.45) is 0 Å². The summed E-state index contributed by atoms with van der Waals surface area (Å²) in [5.41, 5.74) is 2.78. The fourth-order valence-electron chi connectivity index (χ4n) is 5.86. The van der Waals surface area contributed by atoms with Gasteiger partial charge < -0.3 is 18.9 Å². The largest absolute Gasteiger partial charge is 0.497 e. The Kier molecular flexibility index (Phi) is 8.26. The van der Waals surface area contributed by atoms with Gasteiger partial charge in [-0.15, -0.1) is 0 Å². The summed E-state index contributed by atoms with van der Waals surface area (Å²) in [6.07, 6.45) is 5.17. The molecule has 5 aromatic rings. The lowest BCUT2D eigenvalue weighted by Crippen LogP contribution is -2.35. The molecule has 9 heteroatoms. The SMILES string of the molecule is CCCn1cnc2c(ncn2[C@H]2CC[C@@H](COC(c3ccccc3)(c3ccc(OC)cc3)c3ccc(OC)cc3)O2)c1=O. The number of fused-ring (bicyclic) bond motifs is 1. The first-order valence-electron chi connectivity index (χ1n) is 14.6. The van der Waals surface area contributed by atoms with Gasteiger partial charge in [0, 0.05) is 6.54 Å². The van der Waals surface area contributed by atoms with Crippen molar-refractivity contribution in [1.29, 1.82) is 0 Å². The van der Waals surface area contributed by atoms with Crippen LogP contribution in [0.25, 0.3) is 11.2 Å². The van der Waals surface area contributed by atoms with Gasteiger partial charge in [0.25, 0.3) is 5.56 Å². The van der Waals surface area contributed by atoms with Gasteiger partial charge in [-0.1, -0.05) is 61.5 Å². The highest BCUT2D eigenvalue weighted by Gasteiger charge is 2.40. The maximum Gasteiger partial charge on any atom is 0.281 e. The highest BCUT2D eigenvalue weighted by atomic mass is 16.6. The van der Waals surface area contributed by atoms with Gasteiger partial charge in [0.2, 0.25) is 0 Å². The molecular weight excluding hydrogens is 544 g/mol. The summed E-state index contributed by atoms with van der Waals surface area (Å²) in [6, 6.07) is 26.2. The van der Waals surface area contributed by atoms with Crippen LogP contribution in [0, 0.1) is 0 Å². The number of ether oxygens (including phenoxy) is 4. The van der Waals surface area contributed by atoms with Crippen molar-refractivity contribution in [2.45, 2.75) is 50.7 Å². The van der Waals surface area contributed by atoms with Gasteiger partial charge in [0.1, 0.15) is 29.7 Å². The van der Waals surface area contributed by atoms with Crippen LogP contribution in [0.2, 0.25) is 0 Å². The first-order valence-corrected chi connectivity index (χ1v) is 14.6. The maximum absolute atomic E-state index is 12.9. The summed E-state index contributed by atoms with van der Waals surface area (Å²) < 4.78 is 27.9. The molecule has 0 N–H and O–H groups in total. The second-order valence-electron chi connectivity index (χ2n) is 10.7. The van der Waals surface area contributed by atoms with E-state index in [1.54, 1.807) is 31.4 Å². The van der Waals surface area contributed by atoms with E-state index < -0.39 is 5.60 Å². The molecule has 3 heterocycles. The minimum Gasteiger partial charge on any atom is -0.497 e. The molecule has 0 spiro atoms. The Balaban J connectivity index is 1.32. The third-order valence-corrected chi connectivity index (χ3v) is 8.07. The number of aryl methyl sites for hydroxylation is 1. The van der Waals surface area contributed by atoms with E-state index in [9.17, 15) is 4.79 Å². The highest BCUT2D eigenvalue weighted by Crippen LogP contribution is 2.42. The molecule has 0 unspecified atom stereocenters. The molecule has 6 rings (SSSR count). The fraction of sp³-hybridized carbons (Fsp3) is 0.324. The number of imidazole rings is 1. The number of nitrogens with zero attached hydrogens (tertiary/aromatic N) is 4. The minimum atomic E-state index is -0.922. The third kappa shape index (κ3) is 5.42. The molecule has 3 aromatic carbocycles. The third-order valence-electron chi connectivity index (χ3n) is 8.07. The van der Waals surface area contributed by atoms with Gasteiger partial charge in [-0.2, -0.15) is 0 Å². The molecule has 0 bridgehead atoms. The van der Waals surface area contributed by atoms with E-state index in [0.29, 0.717) is 24.3 Å². The average molecular weight is 581 g/mol. The first-order chi connectivity index (χ1) is 21.1. The standard InChI is InChI=1S/C34H36N4O5/c1-4-20-37-22-36-32-31(33(37)39)35-23-38(32)30-19-18-29(43-30)21-42-34(24-8-6-5-7-9-24,25-10-14-27(40-2)15-11-25)26-12-16-28(41-3)17-13-26/h5-17,22-23,29-30H,4,18-21H2,1-3H3/t29-,30+/m0/s1. The number of aromatic nitrogens is 4. The van der Waals surface area contributed by atoms with Gasteiger partial charge in [0.05, 0.1) is 33.3 Å². The summed E-state index contributed by atoms with van der Waals surface area (Å²) in [5.74, 6) is 1.54. The Bertz CT molecular complexity index is 1670. The van der Waals surface area contributed by atoms with Gasteiger partial charge in [-0.05, 0) is 60.2 Å². The topological polar surface area (TPSA) is 89.6 Å². The zero-order valence-electron chi connectivity index (χ0n) is 24.7. The quantitative estimate of drug-likeness (QED) is 0.185. The molecular formula is C34H36N4O5. The predicted molar refractivity (Wildman–Crippen MR) is 163 cm³/mol. The van der Waals surface area contributed by atoms with E-state index in [2.05, 4.69) is 22.1 Å². The average Bonchev–Trinajstić information content (AvgIpc) is 3.71. The molecule has 2 atom stereocenters. The normalized spacial score (nSPS) is 16.9. The lowest BCUT2D eigenvalue weighted by Gasteiger charge is -2.37. The van der Waals surface area contributed by atoms with Crippen molar-refractivity contribution in [3.05, 3.63) is 119 Å². The molecule has 1 saturated heterocycles. The minimum absolute atomic E-state index is 0.130. The lowest BCUT2D eigenvalue weighted by atomic mass is 9.80. The Morgan fingerprint density at radius 2 is 1.47 bits per heavy atom. The second kappa shape index (κ2) is 12.4. The van der Waals surface area contributed by atoms with E-state index >= 15 is 0 Å². The van der Waals surface area contributed by atoms with E-state index in [1.165, 1.54) is 0 Å². The monoisotopic (exact) mass is 580 g/mol. The zero-order chi connectivity index (χ0) is 29.8. The summed E-state index contributed by atoms with van der Waals surface area (Å²) >= 11 is 0. The smallest absolute Gasteiger partial charge is 0.281 e. The van der Waals surface area contributed by atoms with E-state index in [1.807, 2.05) is 78.2 Å². The van der Waals surface area contributed by atoms with Crippen molar-refractivity contribution in [3.8, 4) is 11.5 Å². The molecule has 1 fully saturated rings. The van der Waals surface area contributed by atoms with E-state index in [4.69, 9.17) is 18.9 Å². The van der Waals surface area contributed by atoms with Gasteiger partial charge in [-0.3, -0.25) is 13.9 Å². The van der Waals surface area contributed by atoms with Gasteiger partial charge >= 0.3 is 0 Å². The van der Waals surface area contributed by atoms with Crippen LogP contribution in [-0.4, -0.2) is 46.0 Å². The molecule has 43 heavy (non-hydrogen) atoms. The van der Waals surface area contributed by atoms with Crippen molar-refractivity contribution >= 4 is 11.2 Å². The first kappa shape index (κ1) is 28.6. The van der Waals surface area contributed by atoms with Crippen molar-refractivity contribution in [2.75, 3.05) is 20.8 Å². The van der Waals surface area contributed by atoms with Crippen LogP contribution in [0.5, 0.6) is 11.5 Å². The van der Waals surface area contributed by atoms with Crippen LogP contribution in [0.3, 0.4) is 0 Å². The molecule has 0 radical (unpaired) electrons. The van der Waals surface area contributed by atoms with Crippen molar-refractivity contribution < 1.29 is 18.9 Å². The van der Waals surface area contributed by atoms with Gasteiger partial charge in [-0.25, -0.2) is 9.97 Å². The summed E-state index contributed by atoms with van der Waals surface area (Å²) in [7, 11) is 3.32. The van der Waals surface area contributed by atoms with Crippen LogP contribution in [-0.2, 0) is 21.6 Å². The number of benzene rings is 3. The number of rotatable bonds is 11.